The Hall–Kier alpha value is -2.67. The minimum absolute atomic E-state index is 0.0653. The summed E-state index contributed by atoms with van der Waals surface area (Å²) in [4.78, 5) is 3.63. The van der Waals surface area contributed by atoms with E-state index in [1.54, 1.807) is 0 Å². The van der Waals surface area contributed by atoms with Crippen LogP contribution in [0.15, 0.2) is 35.3 Å². The van der Waals surface area contributed by atoms with Gasteiger partial charge in [-0.2, -0.15) is 4.99 Å². The zero-order chi connectivity index (χ0) is 16.9. The van der Waals surface area contributed by atoms with Crippen LogP contribution in [0.25, 0.3) is 0 Å². The minimum Gasteiger partial charge on any atom is -0.377 e. The molecule has 2 unspecified atom stereocenters. The predicted molar refractivity (Wildman–Crippen MR) is 92.8 cm³/mol. The van der Waals surface area contributed by atoms with Crippen molar-refractivity contribution in [2.45, 2.75) is 31.7 Å². The van der Waals surface area contributed by atoms with E-state index in [-0.39, 0.29) is 24.0 Å². The summed E-state index contributed by atoms with van der Waals surface area (Å²) in [5.41, 5.74) is 12.0. The van der Waals surface area contributed by atoms with E-state index in [9.17, 15) is 0 Å². The van der Waals surface area contributed by atoms with Crippen LogP contribution in [0.2, 0.25) is 0 Å². The molecule has 0 spiro atoms. The number of nitrogens with two attached hydrogens (primary N) is 2. The standard InChI is InChI=1S/C16H20N6O2/c17-13(20-16(18)19)15-21-14(22-15)12-7-6-11(24-12)9-23-8-10-4-2-1-3-5-10/h1-5,11-12H,6-9H2,(H5,17,18,19,20)/p+1. The summed E-state index contributed by atoms with van der Waals surface area (Å²) in [5, 5.41) is 10.1. The summed E-state index contributed by atoms with van der Waals surface area (Å²) in [5.74, 6) is 0.912. The van der Waals surface area contributed by atoms with Gasteiger partial charge in [0.05, 0.1) is 19.3 Å². The van der Waals surface area contributed by atoms with Gasteiger partial charge >= 0.3 is 11.7 Å². The lowest BCUT2D eigenvalue weighted by atomic mass is 10.1. The van der Waals surface area contributed by atoms with E-state index < -0.39 is 0 Å². The lowest BCUT2D eigenvalue weighted by molar-refractivity contribution is -0.00296. The molecule has 0 bridgehead atoms. The highest BCUT2D eigenvalue weighted by molar-refractivity contribution is 6.46. The summed E-state index contributed by atoms with van der Waals surface area (Å²) < 4.78 is 15.9. The Balaban J connectivity index is 1.46. The summed E-state index contributed by atoms with van der Waals surface area (Å²) in [6.07, 6.45) is 1.79. The molecule has 0 radical (unpaired) electrons. The number of ether oxygens (including phenoxy) is 2. The third-order valence-electron chi connectivity index (χ3n) is 3.79. The molecule has 6 N–H and O–H groups in total. The number of guanidine groups is 1. The van der Waals surface area contributed by atoms with Crippen LogP contribution in [-0.2, 0) is 16.1 Å². The second-order valence-corrected chi connectivity index (χ2v) is 5.68. The van der Waals surface area contributed by atoms with Gasteiger partial charge in [-0.15, -0.1) is 0 Å². The normalized spacial score (nSPS) is 23.1. The van der Waals surface area contributed by atoms with E-state index in [0.29, 0.717) is 19.0 Å². The van der Waals surface area contributed by atoms with Gasteiger partial charge in [0, 0.05) is 0 Å². The van der Waals surface area contributed by atoms with E-state index in [4.69, 9.17) is 26.4 Å². The van der Waals surface area contributed by atoms with Crippen LogP contribution in [0.3, 0.4) is 0 Å². The van der Waals surface area contributed by atoms with Gasteiger partial charge in [-0.25, -0.2) is 9.98 Å². The molecule has 0 aliphatic carbocycles. The third kappa shape index (κ3) is 3.99. The number of amidine groups is 3. The van der Waals surface area contributed by atoms with Crippen molar-refractivity contribution in [1.82, 2.24) is 9.98 Å². The molecular weight excluding hydrogens is 308 g/mol. The van der Waals surface area contributed by atoms with Gasteiger partial charge in [-0.3, -0.25) is 5.41 Å². The number of nitrogens with one attached hydrogen (secondary N) is 2. The predicted octanol–water partition coefficient (Wildman–Crippen LogP) is -0.531. The van der Waals surface area contributed by atoms with E-state index in [1.807, 2.05) is 30.3 Å². The molecule has 2 aliphatic heterocycles. The van der Waals surface area contributed by atoms with Crippen LogP contribution in [0, 0.1) is 5.41 Å². The summed E-state index contributed by atoms with van der Waals surface area (Å²) in [6, 6.07) is 10.1. The van der Waals surface area contributed by atoms with Crippen molar-refractivity contribution in [1.29, 1.82) is 5.41 Å². The number of hydrogen-bond donors (Lipinski definition) is 4. The van der Waals surface area contributed by atoms with Crippen molar-refractivity contribution in [3.63, 3.8) is 0 Å². The van der Waals surface area contributed by atoms with Gasteiger partial charge in [0.15, 0.2) is 6.10 Å². The molecule has 2 heterocycles. The highest BCUT2D eigenvalue weighted by Crippen LogP contribution is 2.21. The maximum Gasteiger partial charge on any atom is 0.359 e. The molecule has 1 saturated heterocycles. The molecule has 0 amide bonds. The lowest BCUT2D eigenvalue weighted by Gasteiger charge is -2.15. The first-order valence-corrected chi connectivity index (χ1v) is 7.80. The van der Waals surface area contributed by atoms with Crippen LogP contribution in [0.5, 0.6) is 0 Å². The molecule has 0 aromatic heterocycles. The summed E-state index contributed by atoms with van der Waals surface area (Å²) in [7, 11) is 0. The smallest absolute Gasteiger partial charge is 0.359 e. The number of rotatable bonds is 6. The van der Waals surface area contributed by atoms with Crippen molar-refractivity contribution in [3.05, 3.63) is 35.9 Å². The van der Waals surface area contributed by atoms with Crippen molar-refractivity contribution in [2.24, 2.45) is 16.5 Å². The third-order valence-corrected chi connectivity index (χ3v) is 3.79. The van der Waals surface area contributed by atoms with Crippen molar-refractivity contribution in [3.8, 4) is 0 Å². The number of aliphatic imine (C=N–C) groups is 1. The van der Waals surface area contributed by atoms with Gasteiger partial charge in [-0.05, 0) is 18.4 Å². The quantitative estimate of drug-likeness (QED) is 0.316. The molecule has 8 heteroatoms. The largest absolute Gasteiger partial charge is 0.377 e. The second kappa shape index (κ2) is 7.27. The molecule has 1 fully saturated rings. The van der Waals surface area contributed by atoms with Crippen molar-refractivity contribution in [2.75, 3.05) is 6.61 Å². The van der Waals surface area contributed by atoms with Gasteiger partial charge in [0.25, 0.3) is 0 Å². The Morgan fingerprint density at radius 1 is 1.33 bits per heavy atom. The fraction of sp³-hybridized carbons (Fsp3) is 0.375. The van der Waals surface area contributed by atoms with E-state index in [2.05, 4.69) is 15.0 Å². The highest BCUT2D eigenvalue weighted by Gasteiger charge is 2.38. The molecule has 2 aliphatic rings. The van der Waals surface area contributed by atoms with Crippen molar-refractivity contribution < 1.29 is 9.47 Å². The Labute approximate surface area is 139 Å². The zero-order valence-corrected chi connectivity index (χ0v) is 13.2. The molecule has 0 saturated carbocycles. The van der Waals surface area contributed by atoms with Gasteiger partial charge in [-0.1, -0.05) is 30.3 Å². The molecule has 1 aromatic carbocycles. The zero-order valence-electron chi connectivity index (χ0n) is 13.2. The number of hydrogen-bond acceptors (Lipinski definition) is 4. The molecule has 2 atom stereocenters. The number of benzene rings is 1. The van der Waals surface area contributed by atoms with Crippen LogP contribution >= 0.6 is 0 Å². The lowest BCUT2D eigenvalue weighted by Crippen LogP contribution is -2.55. The first kappa shape index (κ1) is 16.2. The van der Waals surface area contributed by atoms with Gasteiger partial charge in [0.2, 0.25) is 11.8 Å². The highest BCUT2D eigenvalue weighted by atomic mass is 16.5. The molecule has 126 valence electrons. The Bertz CT molecular complexity index is 709. The first-order chi connectivity index (χ1) is 11.6. The monoisotopic (exact) mass is 329 g/mol. The Morgan fingerprint density at radius 3 is 2.79 bits per heavy atom. The summed E-state index contributed by atoms with van der Waals surface area (Å²) in [6.45, 7) is 1.14. The maximum atomic E-state index is 7.07. The Morgan fingerprint density at radius 2 is 2.08 bits per heavy atom. The molecule has 3 rings (SSSR count). The topological polar surface area (TPSA) is 133 Å². The van der Waals surface area contributed by atoms with Gasteiger partial charge in [0.1, 0.15) is 0 Å². The molecule has 24 heavy (non-hydrogen) atoms. The maximum absolute atomic E-state index is 7.07. The first-order valence-electron chi connectivity index (χ1n) is 7.80. The minimum atomic E-state index is -0.349. The van der Waals surface area contributed by atoms with Crippen LogP contribution in [0.1, 0.15) is 18.4 Å². The summed E-state index contributed by atoms with van der Waals surface area (Å²) >= 11 is 0. The SMILES string of the molecule is N=C(N)N=C(N)C1=[N+]=C(C2CCC(COCc3ccccc3)O2)N1. The van der Waals surface area contributed by atoms with Crippen LogP contribution in [0.4, 0.5) is 0 Å². The average Bonchev–Trinajstić information content (AvgIpc) is 2.94. The van der Waals surface area contributed by atoms with E-state index >= 15 is 0 Å². The van der Waals surface area contributed by atoms with Crippen LogP contribution < -0.4 is 21.5 Å². The molecule has 8 nitrogen and oxygen atoms in total. The van der Waals surface area contributed by atoms with Gasteiger partial charge < -0.3 is 20.9 Å². The van der Waals surface area contributed by atoms with E-state index in [0.717, 1.165) is 24.2 Å². The second-order valence-electron chi connectivity index (χ2n) is 5.68. The average molecular weight is 329 g/mol. The van der Waals surface area contributed by atoms with Crippen molar-refractivity contribution >= 4 is 23.5 Å². The van der Waals surface area contributed by atoms with E-state index in [1.165, 1.54) is 0 Å². The fourth-order valence-corrected chi connectivity index (χ4v) is 2.61. The fourth-order valence-electron chi connectivity index (χ4n) is 2.61. The molecular formula is C16H21N6O2+. The van der Waals surface area contributed by atoms with Crippen LogP contribution in [-0.4, -0.2) is 42.3 Å². The number of nitrogens with zero attached hydrogens (tertiary/aromatic N) is 2. The molecule has 1 aromatic rings. The Kier molecular flexibility index (Phi) is 4.90.